The quantitative estimate of drug-likeness (QED) is 0.781. The Labute approximate surface area is 158 Å². The summed E-state index contributed by atoms with van der Waals surface area (Å²) >= 11 is 0. The van der Waals surface area contributed by atoms with Crippen molar-refractivity contribution in [1.82, 2.24) is 5.32 Å². The lowest BCUT2D eigenvalue weighted by Crippen LogP contribution is -2.43. The molecule has 0 aromatic heterocycles. The van der Waals surface area contributed by atoms with Gasteiger partial charge in [-0.05, 0) is 29.2 Å². The molecule has 2 unspecified atom stereocenters. The van der Waals surface area contributed by atoms with Gasteiger partial charge in [-0.2, -0.15) is 0 Å². The highest BCUT2D eigenvalue weighted by Crippen LogP contribution is 2.44. The fourth-order valence-corrected chi connectivity index (χ4v) is 3.43. The fourth-order valence-electron chi connectivity index (χ4n) is 3.43. The predicted octanol–water partition coefficient (Wildman–Crippen LogP) is 3.40. The molecule has 1 amide bonds. The number of hydrogen-bond donors (Lipinski definition) is 2. The second-order valence-electron chi connectivity index (χ2n) is 6.64. The van der Waals surface area contributed by atoms with Gasteiger partial charge < -0.3 is 19.9 Å². The third-order valence-corrected chi connectivity index (χ3v) is 4.90. The van der Waals surface area contributed by atoms with Gasteiger partial charge in [0.05, 0.1) is 6.10 Å². The number of rotatable bonds is 7. The Kier molecular flexibility index (Phi) is 5.76. The zero-order valence-corrected chi connectivity index (χ0v) is 15.3. The largest absolute Gasteiger partial charge is 0.480 e. The lowest BCUT2D eigenvalue weighted by Gasteiger charge is -2.19. The maximum absolute atomic E-state index is 12.2. The molecule has 0 bridgehead atoms. The molecule has 2 aromatic carbocycles. The normalized spacial score (nSPS) is 14.7. The molecule has 0 spiro atoms. The maximum atomic E-state index is 12.2. The number of alkyl carbamates (subject to hydrolysis) is 1. The van der Waals surface area contributed by atoms with Crippen LogP contribution in [-0.4, -0.2) is 43.0 Å². The summed E-state index contributed by atoms with van der Waals surface area (Å²) in [4.78, 5) is 23.5. The van der Waals surface area contributed by atoms with Crippen LogP contribution in [0.2, 0.25) is 0 Å². The predicted molar refractivity (Wildman–Crippen MR) is 101 cm³/mol. The number of amides is 1. The van der Waals surface area contributed by atoms with Crippen LogP contribution in [0.25, 0.3) is 11.1 Å². The molecule has 2 N–H and O–H groups in total. The molecule has 3 rings (SSSR count). The third-order valence-electron chi connectivity index (χ3n) is 4.90. The summed E-state index contributed by atoms with van der Waals surface area (Å²) in [7, 11) is 1.50. The summed E-state index contributed by atoms with van der Waals surface area (Å²) in [6.07, 6.45) is -0.872. The fraction of sp³-hybridized carbons (Fsp3) is 0.333. The Morgan fingerprint density at radius 3 is 2.15 bits per heavy atom. The van der Waals surface area contributed by atoms with Crippen LogP contribution in [0, 0.1) is 0 Å². The van der Waals surface area contributed by atoms with Gasteiger partial charge in [0.1, 0.15) is 12.6 Å². The molecule has 1 aliphatic rings. The molecule has 0 radical (unpaired) electrons. The van der Waals surface area contributed by atoms with Gasteiger partial charge in [-0.1, -0.05) is 48.5 Å². The van der Waals surface area contributed by atoms with Gasteiger partial charge in [0.15, 0.2) is 0 Å². The minimum absolute atomic E-state index is 0.0654. The Bertz CT molecular complexity index is 789. The van der Waals surface area contributed by atoms with Crippen molar-refractivity contribution in [2.45, 2.75) is 31.4 Å². The lowest BCUT2D eigenvalue weighted by atomic mass is 9.98. The molecule has 0 saturated heterocycles. The minimum atomic E-state index is -1.12. The van der Waals surface area contributed by atoms with Crippen molar-refractivity contribution in [1.29, 1.82) is 0 Å². The Hall–Kier alpha value is -2.86. The molecule has 142 valence electrons. The SMILES string of the molecule is COC(C)CC(NC(=O)OCC1c2ccccc2-c2ccccc21)C(=O)O. The van der Waals surface area contributed by atoms with Crippen LogP contribution in [0.4, 0.5) is 4.79 Å². The smallest absolute Gasteiger partial charge is 0.407 e. The number of carboxylic acids is 1. The highest BCUT2D eigenvalue weighted by atomic mass is 16.5. The van der Waals surface area contributed by atoms with E-state index in [2.05, 4.69) is 17.4 Å². The van der Waals surface area contributed by atoms with Gasteiger partial charge in [0, 0.05) is 19.4 Å². The van der Waals surface area contributed by atoms with E-state index in [0.717, 1.165) is 22.3 Å². The highest BCUT2D eigenvalue weighted by molar-refractivity contribution is 5.81. The Morgan fingerprint density at radius 2 is 1.63 bits per heavy atom. The molecule has 2 atom stereocenters. The average Bonchev–Trinajstić information content (AvgIpc) is 2.99. The number of benzene rings is 2. The molecular formula is C21H23NO5. The first-order valence-electron chi connectivity index (χ1n) is 8.88. The van der Waals surface area contributed by atoms with Crippen LogP contribution in [-0.2, 0) is 14.3 Å². The number of carboxylic acid groups (broad SMARTS) is 1. The Morgan fingerprint density at radius 1 is 1.07 bits per heavy atom. The van der Waals surface area contributed by atoms with Crippen LogP contribution in [0.15, 0.2) is 48.5 Å². The van der Waals surface area contributed by atoms with Crippen molar-refractivity contribution >= 4 is 12.1 Å². The topological polar surface area (TPSA) is 84.9 Å². The van der Waals surface area contributed by atoms with E-state index in [1.807, 2.05) is 36.4 Å². The number of fused-ring (bicyclic) bond motifs is 3. The lowest BCUT2D eigenvalue weighted by molar-refractivity contribution is -0.140. The average molecular weight is 369 g/mol. The summed E-state index contributed by atoms with van der Waals surface area (Å²) in [6.45, 7) is 1.89. The maximum Gasteiger partial charge on any atom is 0.407 e. The van der Waals surface area contributed by atoms with Crippen LogP contribution in [0.5, 0.6) is 0 Å². The third kappa shape index (κ3) is 4.11. The zero-order valence-electron chi connectivity index (χ0n) is 15.3. The molecule has 27 heavy (non-hydrogen) atoms. The van der Waals surface area contributed by atoms with Gasteiger partial charge in [0.25, 0.3) is 0 Å². The summed E-state index contributed by atoms with van der Waals surface area (Å²) in [5.74, 6) is -1.18. The molecule has 6 nitrogen and oxygen atoms in total. The number of carbonyl (C=O) groups excluding carboxylic acids is 1. The molecule has 1 aliphatic carbocycles. The molecular weight excluding hydrogens is 346 g/mol. The van der Waals surface area contributed by atoms with Gasteiger partial charge in [-0.3, -0.25) is 0 Å². The van der Waals surface area contributed by atoms with Gasteiger partial charge in [-0.25, -0.2) is 9.59 Å². The summed E-state index contributed by atoms with van der Waals surface area (Å²) in [5, 5.41) is 11.7. The van der Waals surface area contributed by atoms with Crippen LogP contribution in [0.3, 0.4) is 0 Å². The number of nitrogens with one attached hydrogen (secondary N) is 1. The number of aliphatic carboxylic acids is 1. The van der Waals surface area contributed by atoms with Crippen LogP contribution < -0.4 is 5.32 Å². The van der Waals surface area contributed by atoms with E-state index in [4.69, 9.17) is 9.47 Å². The van der Waals surface area contributed by atoms with E-state index in [1.54, 1.807) is 6.92 Å². The molecule has 2 aromatic rings. The molecule has 6 heteroatoms. The molecule has 0 heterocycles. The van der Waals surface area contributed by atoms with Crippen LogP contribution >= 0.6 is 0 Å². The van der Waals surface area contributed by atoms with E-state index >= 15 is 0 Å². The monoisotopic (exact) mass is 369 g/mol. The first-order chi connectivity index (χ1) is 13.0. The molecule has 0 fully saturated rings. The number of methoxy groups -OCH3 is 1. The van der Waals surface area contributed by atoms with Crippen molar-refractivity contribution < 1.29 is 24.2 Å². The molecule has 0 aliphatic heterocycles. The van der Waals surface area contributed by atoms with Gasteiger partial charge >= 0.3 is 12.1 Å². The number of carbonyl (C=O) groups is 2. The van der Waals surface area contributed by atoms with Gasteiger partial charge in [0.2, 0.25) is 0 Å². The van der Waals surface area contributed by atoms with E-state index in [9.17, 15) is 14.7 Å². The van der Waals surface area contributed by atoms with E-state index in [0.29, 0.717) is 0 Å². The summed E-state index contributed by atoms with van der Waals surface area (Å²) in [6, 6.07) is 15.0. The first-order valence-corrected chi connectivity index (χ1v) is 8.88. The van der Waals surface area contributed by atoms with Crippen molar-refractivity contribution in [2.75, 3.05) is 13.7 Å². The standard InChI is InChI=1S/C21H23NO5/c1-13(26-2)11-19(20(23)24)22-21(25)27-12-18-16-9-5-3-7-14(16)15-8-4-6-10-17(15)18/h3-10,13,18-19H,11-12H2,1-2H3,(H,22,25)(H,23,24). The van der Waals surface area contributed by atoms with Crippen molar-refractivity contribution in [2.24, 2.45) is 0 Å². The number of ether oxygens (including phenoxy) is 2. The first kappa shape index (κ1) is 18.9. The van der Waals surface area contributed by atoms with E-state index in [1.165, 1.54) is 7.11 Å². The van der Waals surface area contributed by atoms with E-state index < -0.39 is 18.1 Å². The zero-order chi connectivity index (χ0) is 19.4. The second-order valence-corrected chi connectivity index (χ2v) is 6.64. The van der Waals surface area contributed by atoms with Gasteiger partial charge in [-0.15, -0.1) is 0 Å². The van der Waals surface area contributed by atoms with Crippen molar-refractivity contribution in [3.8, 4) is 11.1 Å². The minimum Gasteiger partial charge on any atom is -0.480 e. The summed E-state index contributed by atoms with van der Waals surface area (Å²) < 4.78 is 10.5. The summed E-state index contributed by atoms with van der Waals surface area (Å²) in [5.41, 5.74) is 4.49. The van der Waals surface area contributed by atoms with Crippen molar-refractivity contribution in [3.05, 3.63) is 59.7 Å². The molecule has 0 saturated carbocycles. The van der Waals surface area contributed by atoms with Crippen molar-refractivity contribution in [3.63, 3.8) is 0 Å². The number of hydrogen-bond acceptors (Lipinski definition) is 4. The second kappa shape index (κ2) is 8.22. The van der Waals surface area contributed by atoms with E-state index in [-0.39, 0.29) is 25.0 Å². The highest BCUT2D eigenvalue weighted by Gasteiger charge is 2.30. The Balaban J connectivity index is 1.68. The van der Waals surface area contributed by atoms with Crippen LogP contribution in [0.1, 0.15) is 30.4 Å².